The predicted molar refractivity (Wildman–Crippen MR) is 128 cm³/mol. The summed E-state index contributed by atoms with van der Waals surface area (Å²) < 4.78 is 4.36. The summed E-state index contributed by atoms with van der Waals surface area (Å²) in [6.07, 6.45) is 0. The lowest BCUT2D eigenvalue weighted by Crippen LogP contribution is -2.49. The van der Waals surface area contributed by atoms with Gasteiger partial charge in [0.05, 0.1) is 12.3 Å². The molecule has 2 aromatic rings. The third kappa shape index (κ3) is 3.84. The summed E-state index contributed by atoms with van der Waals surface area (Å²) >= 11 is 8.89. The van der Waals surface area contributed by atoms with Gasteiger partial charge in [-0.05, 0) is 55.9 Å². The van der Waals surface area contributed by atoms with Gasteiger partial charge in [-0.15, -0.1) is 0 Å². The average molecular weight is 474 g/mol. The number of carbonyl (C=O) groups is 2. The molecule has 31 heavy (non-hydrogen) atoms. The molecule has 1 atom stereocenters. The zero-order valence-corrected chi connectivity index (χ0v) is 19.6. The van der Waals surface area contributed by atoms with Gasteiger partial charge in [-0.2, -0.15) is 5.10 Å². The van der Waals surface area contributed by atoms with E-state index in [1.165, 1.54) is 30.4 Å². The maximum absolute atomic E-state index is 12.8. The summed E-state index contributed by atoms with van der Waals surface area (Å²) in [6, 6.07) is 17.0. The van der Waals surface area contributed by atoms with Crippen molar-refractivity contribution >= 4 is 63.3 Å². The fraction of sp³-hybridized carbons (Fsp3) is 0.227. The van der Waals surface area contributed by atoms with Crippen LogP contribution in [0.4, 0.5) is 11.4 Å². The van der Waals surface area contributed by atoms with E-state index < -0.39 is 10.3 Å². The number of carbonyl (C=O) groups excluding carboxylic acids is 2. The van der Waals surface area contributed by atoms with Crippen LogP contribution in [0.3, 0.4) is 0 Å². The molecule has 0 fully saturated rings. The largest absolute Gasteiger partial charge is 0.462 e. The van der Waals surface area contributed by atoms with Gasteiger partial charge in [0.1, 0.15) is 4.91 Å². The van der Waals surface area contributed by atoms with Crippen LogP contribution in [0.5, 0.6) is 0 Å². The first-order valence-corrected chi connectivity index (χ1v) is 11.6. The van der Waals surface area contributed by atoms with E-state index >= 15 is 0 Å². The van der Waals surface area contributed by atoms with Crippen LogP contribution in [0.1, 0.15) is 20.8 Å². The number of benzene rings is 2. The molecule has 0 unspecified atom stereocenters. The van der Waals surface area contributed by atoms with Gasteiger partial charge in [0.2, 0.25) is 4.33 Å². The zero-order chi connectivity index (χ0) is 22.2. The van der Waals surface area contributed by atoms with Crippen molar-refractivity contribution < 1.29 is 14.3 Å². The second-order valence-electron chi connectivity index (χ2n) is 6.81. The van der Waals surface area contributed by atoms with Crippen molar-refractivity contribution in [2.45, 2.75) is 25.1 Å². The number of hydrazone groups is 1. The van der Waals surface area contributed by atoms with Crippen molar-refractivity contribution in [1.82, 2.24) is 0 Å². The van der Waals surface area contributed by atoms with Crippen LogP contribution in [-0.2, 0) is 14.3 Å². The van der Waals surface area contributed by atoms with E-state index in [1.807, 2.05) is 54.3 Å². The van der Waals surface area contributed by atoms with E-state index in [2.05, 4.69) is 5.10 Å². The molecule has 2 heterocycles. The number of para-hydroxylation sites is 1. The van der Waals surface area contributed by atoms with Crippen LogP contribution in [0.2, 0.25) is 5.02 Å². The molecule has 0 saturated carbocycles. The molecule has 0 amide bonds. The highest BCUT2D eigenvalue weighted by atomic mass is 35.5. The van der Waals surface area contributed by atoms with Crippen molar-refractivity contribution in [2.75, 3.05) is 16.5 Å². The van der Waals surface area contributed by atoms with Gasteiger partial charge >= 0.3 is 5.97 Å². The number of esters is 1. The standard InChI is InChI=1S/C22H20ClN3O3S2/c1-4-29-21(28)19-14(2)25(17-10-6-5-7-11-17)22(30-19)26(24-20(31-22)15(3)27)18-12-8-9-16(23)13-18/h5-13H,4H2,1-3H3/t22-/m0/s1. The van der Waals surface area contributed by atoms with E-state index in [0.29, 0.717) is 20.7 Å². The van der Waals surface area contributed by atoms with Crippen LogP contribution in [-0.4, -0.2) is 27.7 Å². The summed E-state index contributed by atoms with van der Waals surface area (Å²) in [6.45, 7) is 5.41. The molecular weight excluding hydrogens is 454 g/mol. The van der Waals surface area contributed by atoms with E-state index in [9.17, 15) is 9.59 Å². The Kier molecular flexibility index (Phi) is 6.05. The molecule has 2 aliphatic heterocycles. The van der Waals surface area contributed by atoms with Gasteiger partial charge in [-0.1, -0.05) is 47.6 Å². The van der Waals surface area contributed by atoms with Crippen molar-refractivity contribution in [3.05, 3.63) is 70.2 Å². The van der Waals surface area contributed by atoms with Gasteiger partial charge in [0.25, 0.3) is 0 Å². The van der Waals surface area contributed by atoms with Gasteiger partial charge in [0, 0.05) is 23.3 Å². The number of ether oxygens (including phenoxy) is 1. The molecule has 9 heteroatoms. The molecule has 160 valence electrons. The molecule has 0 aliphatic carbocycles. The molecule has 0 radical (unpaired) electrons. The Morgan fingerprint density at radius 2 is 1.81 bits per heavy atom. The van der Waals surface area contributed by atoms with Crippen molar-refractivity contribution in [1.29, 1.82) is 0 Å². The molecule has 0 bridgehead atoms. The number of ketones is 1. The molecule has 2 aromatic carbocycles. The summed E-state index contributed by atoms with van der Waals surface area (Å²) in [5.74, 6) is -0.546. The summed E-state index contributed by atoms with van der Waals surface area (Å²) in [7, 11) is 0. The van der Waals surface area contributed by atoms with Crippen LogP contribution < -0.4 is 9.91 Å². The van der Waals surface area contributed by atoms with Gasteiger partial charge in [-0.3, -0.25) is 4.79 Å². The Balaban J connectivity index is 1.90. The number of Topliss-reactive ketones (excluding diaryl/α,β-unsaturated/α-hetero) is 1. The number of halogens is 1. The fourth-order valence-electron chi connectivity index (χ4n) is 3.40. The summed E-state index contributed by atoms with van der Waals surface area (Å²) in [4.78, 5) is 27.6. The topological polar surface area (TPSA) is 62.2 Å². The Bertz CT molecular complexity index is 1110. The number of nitrogens with zero attached hydrogens (tertiary/aromatic N) is 3. The van der Waals surface area contributed by atoms with Crippen LogP contribution in [0, 0.1) is 0 Å². The molecular formula is C22H20ClN3O3S2. The third-order valence-electron chi connectivity index (χ3n) is 4.70. The van der Waals surface area contributed by atoms with Crippen LogP contribution in [0.15, 0.2) is 70.3 Å². The van der Waals surface area contributed by atoms with Gasteiger partial charge in [-0.25, -0.2) is 9.80 Å². The minimum atomic E-state index is -0.959. The third-order valence-corrected chi connectivity index (χ3v) is 7.91. The van der Waals surface area contributed by atoms with Crippen LogP contribution >= 0.6 is 35.1 Å². The monoisotopic (exact) mass is 473 g/mol. The minimum absolute atomic E-state index is 0.148. The average Bonchev–Trinajstić information content (AvgIpc) is 3.27. The smallest absolute Gasteiger partial charge is 0.346 e. The molecule has 0 saturated heterocycles. The highest BCUT2D eigenvalue weighted by Crippen LogP contribution is 2.60. The Morgan fingerprint density at radius 3 is 2.45 bits per heavy atom. The first-order valence-electron chi connectivity index (χ1n) is 9.64. The number of hydrogen-bond donors (Lipinski definition) is 0. The number of anilines is 2. The Hall–Kier alpha value is -2.42. The Morgan fingerprint density at radius 1 is 1.10 bits per heavy atom. The van der Waals surface area contributed by atoms with Gasteiger partial charge in [0.15, 0.2) is 10.8 Å². The van der Waals surface area contributed by atoms with Crippen molar-refractivity contribution in [3.8, 4) is 0 Å². The normalized spacial score (nSPS) is 20.5. The predicted octanol–water partition coefficient (Wildman–Crippen LogP) is 5.46. The first-order chi connectivity index (χ1) is 14.9. The maximum atomic E-state index is 12.8. The molecule has 6 nitrogen and oxygen atoms in total. The first kappa shape index (κ1) is 21.8. The number of rotatable bonds is 5. The van der Waals surface area contributed by atoms with E-state index in [-0.39, 0.29) is 12.4 Å². The highest BCUT2D eigenvalue weighted by molar-refractivity contribution is 8.29. The SMILES string of the molecule is CCOC(=O)C1=C(C)N(c2ccccc2)[C@@]2(SC(C(C)=O)=NN2c2cccc(Cl)c2)S1. The number of allylic oxidation sites excluding steroid dienone is 1. The molecule has 1 spiro atoms. The number of thioether (sulfide) groups is 2. The summed E-state index contributed by atoms with van der Waals surface area (Å²) in [5, 5.41) is 7.31. The van der Waals surface area contributed by atoms with Crippen molar-refractivity contribution in [2.24, 2.45) is 5.10 Å². The molecule has 0 N–H and O–H groups in total. The lowest BCUT2D eigenvalue weighted by molar-refractivity contribution is -0.137. The lowest BCUT2D eigenvalue weighted by atomic mass is 10.2. The highest BCUT2D eigenvalue weighted by Gasteiger charge is 2.58. The van der Waals surface area contributed by atoms with Crippen LogP contribution in [0.25, 0.3) is 0 Å². The van der Waals surface area contributed by atoms with Crippen molar-refractivity contribution in [3.63, 3.8) is 0 Å². The van der Waals surface area contributed by atoms with E-state index in [1.54, 1.807) is 24.1 Å². The number of hydrogen-bond acceptors (Lipinski definition) is 8. The lowest BCUT2D eigenvalue weighted by Gasteiger charge is -2.41. The maximum Gasteiger partial charge on any atom is 0.346 e. The quantitative estimate of drug-likeness (QED) is 0.534. The summed E-state index contributed by atoms with van der Waals surface area (Å²) in [5.41, 5.74) is 2.31. The van der Waals surface area contributed by atoms with E-state index in [0.717, 1.165) is 11.4 Å². The minimum Gasteiger partial charge on any atom is -0.462 e. The van der Waals surface area contributed by atoms with Gasteiger partial charge < -0.3 is 9.64 Å². The fourth-order valence-corrected chi connectivity index (χ4v) is 6.54. The zero-order valence-electron chi connectivity index (χ0n) is 17.2. The molecule has 4 rings (SSSR count). The molecule has 2 aliphatic rings. The van der Waals surface area contributed by atoms with E-state index in [4.69, 9.17) is 16.3 Å². The second-order valence-corrected chi connectivity index (χ2v) is 9.85. The second kappa shape index (κ2) is 8.61. The molecule has 0 aromatic heterocycles. The Labute approximate surface area is 194 Å².